The van der Waals surface area contributed by atoms with Crippen LogP contribution >= 0.6 is 0 Å². The Labute approximate surface area is 447 Å². The van der Waals surface area contributed by atoms with Crippen molar-refractivity contribution in [1.29, 1.82) is 0 Å². The highest BCUT2D eigenvalue weighted by molar-refractivity contribution is 5.81. The first-order chi connectivity index (χ1) is 37.5. The van der Waals surface area contributed by atoms with Gasteiger partial charge in [-0.25, -0.2) is 19.3 Å². The molecule has 1 aliphatic rings. The molecule has 11 rings (SSSR count). The summed E-state index contributed by atoms with van der Waals surface area (Å²) in [6, 6.07) is 71.4. The summed E-state index contributed by atoms with van der Waals surface area (Å²) in [5.74, 6) is 0.0766. The number of carboxylic acid groups (broad SMARTS) is 1. The first-order valence-electron chi connectivity index (χ1n) is 25.8. The molecule has 1 saturated heterocycles. The minimum Gasteiger partial charge on any atom is -0.488 e. The van der Waals surface area contributed by atoms with Gasteiger partial charge in [0.15, 0.2) is 5.65 Å². The number of ether oxygens (including phenoxy) is 2. The monoisotopic (exact) mass is 1020 g/mol. The van der Waals surface area contributed by atoms with E-state index in [9.17, 15) is 14.7 Å². The second-order valence-electron chi connectivity index (χ2n) is 20.5. The van der Waals surface area contributed by atoms with Crippen LogP contribution < -0.4 is 10.1 Å². The Balaban J connectivity index is 1.00. The van der Waals surface area contributed by atoms with Crippen LogP contribution in [0.2, 0.25) is 0 Å². The molecule has 1 aliphatic heterocycles. The van der Waals surface area contributed by atoms with E-state index in [0.717, 1.165) is 50.1 Å². The Morgan fingerprint density at radius 2 is 1.17 bits per heavy atom. The number of fused-ring (bicyclic) bond motifs is 1. The molecule has 0 saturated carbocycles. The number of nitrogens with one attached hydrogen (secondary N) is 1. The summed E-state index contributed by atoms with van der Waals surface area (Å²) in [4.78, 5) is 32.1. The van der Waals surface area contributed by atoms with Gasteiger partial charge in [0.25, 0.3) is 0 Å². The minimum absolute atomic E-state index is 0.0867. The third kappa shape index (κ3) is 10.0. The van der Waals surface area contributed by atoms with Crippen molar-refractivity contribution in [2.24, 2.45) is 0 Å². The highest BCUT2D eigenvalue weighted by Gasteiger charge is 2.44. The Morgan fingerprint density at radius 3 is 1.68 bits per heavy atom. The minimum atomic E-state index is -1.10. The first kappa shape index (κ1) is 49.8. The first-order valence-corrected chi connectivity index (χ1v) is 25.8. The number of aliphatic carboxylic acids is 1. The van der Waals surface area contributed by atoms with E-state index >= 15 is 0 Å². The number of carbonyl (C=O) groups is 2. The highest BCUT2D eigenvalue weighted by atomic mass is 16.6. The maximum atomic E-state index is 13.0. The van der Waals surface area contributed by atoms with Gasteiger partial charge >= 0.3 is 12.1 Å². The van der Waals surface area contributed by atoms with E-state index in [-0.39, 0.29) is 13.0 Å². The number of carbonyl (C=O) groups excluding carboxylic acids is 1. The van der Waals surface area contributed by atoms with Gasteiger partial charge in [0.2, 0.25) is 0 Å². The van der Waals surface area contributed by atoms with Crippen LogP contribution in [-0.2, 0) is 33.6 Å². The Hall–Kier alpha value is -9.36. The Morgan fingerprint density at radius 1 is 0.649 bits per heavy atom. The molecule has 0 spiro atoms. The van der Waals surface area contributed by atoms with Gasteiger partial charge in [0, 0.05) is 19.0 Å². The van der Waals surface area contributed by atoms with Gasteiger partial charge in [-0.05, 0) is 89.0 Å². The molecule has 7 aromatic carbocycles. The summed E-state index contributed by atoms with van der Waals surface area (Å²) in [7, 11) is 0. The van der Waals surface area contributed by atoms with Gasteiger partial charge in [-0.1, -0.05) is 199 Å². The zero-order valence-corrected chi connectivity index (χ0v) is 43.1. The molecule has 77 heavy (non-hydrogen) atoms. The fraction of sp³-hybridized carbons (Fsp3) is 0.188. The second-order valence-corrected chi connectivity index (χ2v) is 20.5. The Bertz CT molecular complexity index is 3430. The maximum absolute atomic E-state index is 13.0. The van der Waals surface area contributed by atoms with Crippen LogP contribution in [0.15, 0.2) is 225 Å². The maximum Gasteiger partial charge on any atom is 0.411 e. The van der Waals surface area contributed by atoms with Crippen LogP contribution in [0.1, 0.15) is 77.3 Å². The van der Waals surface area contributed by atoms with Crippen molar-refractivity contribution in [1.82, 2.24) is 34.7 Å². The number of benzene rings is 7. The van der Waals surface area contributed by atoms with Gasteiger partial charge in [-0.3, -0.25) is 9.58 Å². The number of amides is 1. The van der Waals surface area contributed by atoms with Gasteiger partial charge in [0.05, 0.1) is 19.3 Å². The quantitative estimate of drug-likeness (QED) is 0.0896. The number of likely N-dealkylation sites (tertiary alicyclic amines) is 1. The molecule has 0 radical (unpaired) electrons. The third-order valence-electron chi connectivity index (χ3n) is 14.1. The van der Waals surface area contributed by atoms with Gasteiger partial charge < -0.3 is 19.9 Å². The molecule has 3 aromatic heterocycles. The normalized spacial score (nSPS) is 14.8. The average molecular weight is 1020 g/mol. The number of pyridine rings is 1. The standard InChI is InChI=1S/C64H58N8O5/c1-62(2,3)77-61(75)71-44-55(40-56(71)60(73)74)76-54-36-22-23-45(38-54)42-70-43-46(41-65-70)37-47-39-57(67-63(48-24-10-4-11-25-48,49-26-12-5-13-27-49)50-28-14-6-15-29-50)66-59-58(47)68-69-72(59)64(51-30-16-7-17-31-51,52-32-18-8-19-33-52)53-34-20-9-21-35-53/h4-36,38-39,41,43,55-56H,37,40,42,44H2,1-3H3,(H,66,67)(H,73,74)/t55-,56+/m1/s1. The Kier molecular flexibility index (Phi) is 13.7. The number of rotatable bonds is 16. The number of nitrogens with zero attached hydrogens (tertiary/aromatic N) is 7. The number of hydrogen-bond acceptors (Lipinski definition) is 9. The van der Waals surface area contributed by atoms with Crippen molar-refractivity contribution in [3.63, 3.8) is 0 Å². The highest BCUT2D eigenvalue weighted by Crippen LogP contribution is 2.44. The molecular formula is C64H58N8O5. The van der Waals surface area contributed by atoms with Crippen molar-refractivity contribution < 1.29 is 24.2 Å². The van der Waals surface area contributed by atoms with E-state index in [1.54, 1.807) is 20.8 Å². The lowest BCUT2D eigenvalue weighted by atomic mass is 9.77. The lowest BCUT2D eigenvalue weighted by Gasteiger charge is -2.38. The van der Waals surface area contributed by atoms with Crippen molar-refractivity contribution in [2.45, 2.75) is 69.0 Å². The van der Waals surface area contributed by atoms with E-state index in [2.05, 4.69) is 157 Å². The number of aromatic nitrogens is 6. The van der Waals surface area contributed by atoms with Crippen molar-refractivity contribution in [3.05, 3.63) is 275 Å². The largest absolute Gasteiger partial charge is 0.488 e. The molecule has 0 aliphatic carbocycles. The van der Waals surface area contributed by atoms with Gasteiger partial charge in [-0.15, -0.1) is 5.10 Å². The van der Waals surface area contributed by atoms with E-state index < -0.39 is 40.9 Å². The second kappa shape index (κ2) is 21.1. The molecule has 1 fully saturated rings. The molecule has 1 amide bonds. The predicted octanol–water partition coefficient (Wildman–Crippen LogP) is 11.7. The van der Waals surface area contributed by atoms with Gasteiger partial charge in [-0.2, -0.15) is 5.10 Å². The molecule has 0 bridgehead atoms. The molecule has 2 N–H and O–H groups in total. The third-order valence-corrected chi connectivity index (χ3v) is 14.1. The SMILES string of the molecule is CC(C)(C)OC(=O)N1C[C@H](Oc2cccc(Cn3cc(Cc4cc(NC(c5ccccc5)(c5ccccc5)c5ccccc5)nc5c4nnn5C(c4ccccc4)(c4ccccc4)c4ccccc4)cn3)c2)C[C@H]1C(=O)O. The van der Waals surface area contributed by atoms with E-state index in [1.807, 2.05) is 82.4 Å². The van der Waals surface area contributed by atoms with Crippen molar-refractivity contribution >= 4 is 29.0 Å². The summed E-state index contributed by atoms with van der Waals surface area (Å²) in [5.41, 5.74) is 7.38. The molecule has 10 aromatic rings. The molecule has 4 heterocycles. The molecule has 13 nitrogen and oxygen atoms in total. The molecule has 0 unspecified atom stereocenters. The zero-order chi connectivity index (χ0) is 53.0. The molecular weight excluding hydrogens is 961 g/mol. The topological polar surface area (TPSA) is 150 Å². The fourth-order valence-corrected chi connectivity index (χ4v) is 10.8. The summed E-state index contributed by atoms with van der Waals surface area (Å²) in [5, 5.41) is 29.1. The van der Waals surface area contributed by atoms with Crippen molar-refractivity contribution in [3.8, 4) is 5.75 Å². The van der Waals surface area contributed by atoms with Crippen LogP contribution in [0.4, 0.5) is 10.6 Å². The summed E-state index contributed by atoms with van der Waals surface area (Å²) in [6.45, 7) is 5.77. The smallest absolute Gasteiger partial charge is 0.411 e. The van der Waals surface area contributed by atoms with Crippen LogP contribution in [0.3, 0.4) is 0 Å². The summed E-state index contributed by atoms with van der Waals surface area (Å²) >= 11 is 0. The lowest BCUT2D eigenvalue weighted by Crippen LogP contribution is -2.43. The molecule has 2 atom stereocenters. The van der Waals surface area contributed by atoms with Crippen LogP contribution in [0.5, 0.6) is 5.75 Å². The molecule has 13 heteroatoms. The summed E-state index contributed by atoms with van der Waals surface area (Å²) in [6.07, 6.45) is 3.27. The predicted molar refractivity (Wildman–Crippen MR) is 297 cm³/mol. The lowest BCUT2D eigenvalue weighted by molar-refractivity contribution is -0.142. The zero-order valence-electron chi connectivity index (χ0n) is 43.1. The van der Waals surface area contributed by atoms with E-state index in [0.29, 0.717) is 35.7 Å². The average Bonchev–Trinajstić information content (AvgIpc) is 4.34. The fourth-order valence-electron chi connectivity index (χ4n) is 10.8. The van der Waals surface area contributed by atoms with Crippen molar-refractivity contribution in [2.75, 3.05) is 11.9 Å². The van der Waals surface area contributed by atoms with E-state index in [4.69, 9.17) is 29.9 Å². The van der Waals surface area contributed by atoms with E-state index in [1.165, 1.54) is 4.90 Å². The van der Waals surface area contributed by atoms with Gasteiger partial charge in [0.1, 0.15) is 45.9 Å². The van der Waals surface area contributed by atoms with Crippen LogP contribution in [0, 0.1) is 0 Å². The number of hydrogen-bond donors (Lipinski definition) is 2. The number of carboxylic acids is 1. The number of anilines is 1. The van der Waals surface area contributed by atoms with Crippen LogP contribution in [0.25, 0.3) is 11.2 Å². The van der Waals surface area contributed by atoms with Crippen LogP contribution in [-0.4, -0.2) is 76.1 Å². The summed E-state index contributed by atoms with van der Waals surface area (Å²) < 4.78 is 15.8. The molecule has 384 valence electrons.